The van der Waals surface area contributed by atoms with Crippen LogP contribution in [-0.4, -0.2) is 37.4 Å². The fraction of sp³-hybridized carbons (Fsp3) is 0.125. The number of amides is 2. The number of carbonyl (C=O) groups excluding carboxylic acids is 2. The van der Waals surface area contributed by atoms with E-state index < -0.39 is 27.7 Å². The van der Waals surface area contributed by atoms with E-state index in [-0.39, 0.29) is 33.5 Å². The van der Waals surface area contributed by atoms with Gasteiger partial charge in [-0.3, -0.25) is 14.5 Å². The topological polar surface area (TPSA) is 80.8 Å². The van der Waals surface area contributed by atoms with Gasteiger partial charge in [-0.15, -0.1) is 0 Å². The van der Waals surface area contributed by atoms with Crippen LogP contribution in [0.2, 0.25) is 10.0 Å². The SMILES string of the molecule is O=C1c2cc(Cl)c(Cl)cc2C(=O)N1CCS(=O)(=O)Oc1ccccc1. The maximum Gasteiger partial charge on any atom is 0.310 e. The van der Waals surface area contributed by atoms with Crippen LogP contribution in [0, 0.1) is 0 Å². The van der Waals surface area contributed by atoms with Gasteiger partial charge in [-0.05, 0) is 24.3 Å². The Hall–Kier alpha value is -2.09. The van der Waals surface area contributed by atoms with Crippen molar-refractivity contribution < 1.29 is 22.2 Å². The Kier molecular flexibility index (Phi) is 4.73. The van der Waals surface area contributed by atoms with Gasteiger partial charge in [0.15, 0.2) is 0 Å². The van der Waals surface area contributed by atoms with Crippen molar-refractivity contribution in [3.8, 4) is 5.75 Å². The number of imide groups is 1. The summed E-state index contributed by atoms with van der Waals surface area (Å²) >= 11 is 11.7. The number of nitrogens with zero attached hydrogens (tertiary/aromatic N) is 1. The van der Waals surface area contributed by atoms with Crippen LogP contribution in [0.1, 0.15) is 20.7 Å². The molecule has 0 saturated heterocycles. The predicted molar refractivity (Wildman–Crippen MR) is 92.7 cm³/mol. The van der Waals surface area contributed by atoms with Crippen LogP contribution in [0.4, 0.5) is 0 Å². The van der Waals surface area contributed by atoms with Crippen molar-refractivity contribution in [2.45, 2.75) is 0 Å². The molecule has 0 N–H and O–H groups in total. The quantitative estimate of drug-likeness (QED) is 0.570. The normalized spacial score (nSPS) is 13.9. The van der Waals surface area contributed by atoms with Gasteiger partial charge in [0, 0.05) is 6.54 Å². The molecular weight excluding hydrogens is 389 g/mol. The van der Waals surface area contributed by atoms with Gasteiger partial charge in [-0.1, -0.05) is 41.4 Å². The summed E-state index contributed by atoms with van der Waals surface area (Å²) in [6.07, 6.45) is 0. The van der Waals surface area contributed by atoms with Crippen LogP contribution < -0.4 is 4.18 Å². The minimum absolute atomic E-state index is 0.0979. The molecule has 2 aromatic carbocycles. The second-order valence-electron chi connectivity index (χ2n) is 5.23. The molecule has 1 aliphatic heterocycles. The first-order chi connectivity index (χ1) is 11.8. The molecule has 130 valence electrons. The fourth-order valence-corrected chi connectivity index (χ4v) is 3.58. The van der Waals surface area contributed by atoms with E-state index in [4.69, 9.17) is 27.4 Å². The second kappa shape index (κ2) is 6.67. The molecule has 0 spiro atoms. The molecule has 0 bridgehead atoms. The summed E-state index contributed by atoms with van der Waals surface area (Å²) in [5.41, 5.74) is 0.196. The third-order valence-corrected chi connectivity index (χ3v) is 5.39. The molecule has 0 radical (unpaired) electrons. The van der Waals surface area contributed by atoms with Gasteiger partial charge in [0.1, 0.15) is 11.5 Å². The van der Waals surface area contributed by atoms with Crippen LogP contribution >= 0.6 is 23.2 Å². The third-order valence-electron chi connectivity index (χ3n) is 3.54. The minimum atomic E-state index is -3.97. The minimum Gasteiger partial charge on any atom is -0.382 e. The number of fused-ring (bicyclic) bond motifs is 1. The Morgan fingerprint density at radius 2 is 1.44 bits per heavy atom. The van der Waals surface area contributed by atoms with Crippen LogP contribution in [0.25, 0.3) is 0 Å². The summed E-state index contributed by atoms with van der Waals surface area (Å²) in [5.74, 6) is -1.61. The maximum absolute atomic E-state index is 12.3. The summed E-state index contributed by atoms with van der Waals surface area (Å²) in [6.45, 7) is -0.337. The monoisotopic (exact) mass is 399 g/mol. The van der Waals surface area contributed by atoms with Crippen molar-refractivity contribution in [1.82, 2.24) is 4.90 Å². The maximum atomic E-state index is 12.3. The van der Waals surface area contributed by atoms with E-state index >= 15 is 0 Å². The molecule has 1 heterocycles. The molecular formula is C16H11Cl2NO5S. The molecule has 2 aromatic rings. The van der Waals surface area contributed by atoms with Crippen LogP contribution in [0.3, 0.4) is 0 Å². The lowest BCUT2D eigenvalue weighted by Gasteiger charge is -2.14. The number of halogens is 2. The fourth-order valence-electron chi connectivity index (χ4n) is 2.35. The summed E-state index contributed by atoms with van der Waals surface area (Å²) in [5, 5.41) is 0.284. The number of hydrogen-bond acceptors (Lipinski definition) is 5. The van der Waals surface area contributed by atoms with Crippen molar-refractivity contribution in [2.24, 2.45) is 0 Å². The van der Waals surface area contributed by atoms with Crippen LogP contribution in [0.5, 0.6) is 5.75 Å². The highest BCUT2D eigenvalue weighted by Crippen LogP contribution is 2.31. The van der Waals surface area contributed by atoms with Gasteiger partial charge in [0.05, 0.1) is 21.2 Å². The van der Waals surface area contributed by atoms with Gasteiger partial charge in [0.2, 0.25) is 0 Å². The molecule has 0 aromatic heterocycles. The zero-order valence-corrected chi connectivity index (χ0v) is 14.9. The second-order valence-corrected chi connectivity index (χ2v) is 7.74. The molecule has 2 amide bonds. The molecule has 6 nitrogen and oxygen atoms in total. The number of carbonyl (C=O) groups is 2. The Morgan fingerprint density at radius 3 is 1.96 bits per heavy atom. The molecule has 1 aliphatic rings. The molecule has 3 rings (SSSR count). The van der Waals surface area contributed by atoms with Gasteiger partial charge in [0.25, 0.3) is 11.8 Å². The highest BCUT2D eigenvalue weighted by atomic mass is 35.5. The molecule has 0 aliphatic carbocycles. The van der Waals surface area contributed by atoms with Crippen LogP contribution in [-0.2, 0) is 10.1 Å². The Morgan fingerprint density at radius 1 is 0.920 bits per heavy atom. The van der Waals surface area contributed by atoms with Crippen molar-refractivity contribution >= 4 is 45.1 Å². The molecule has 0 atom stereocenters. The average Bonchev–Trinajstić information content (AvgIpc) is 2.78. The zero-order valence-electron chi connectivity index (χ0n) is 12.6. The zero-order chi connectivity index (χ0) is 18.2. The summed E-state index contributed by atoms with van der Waals surface area (Å²) in [4.78, 5) is 25.5. The summed E-state index contributed by atoms with van der Waals surface area (Å²) in [6, 6.07) is 10.6. The first-order valence-corrected chi connectivity index (χ1v) is 9.44. The van der Waals surface area contributed by atoms with Gasteiger partial charge < -0.3 is 4.18 Å². The van der Waals surface area contributed by atoms with Crippen molar-refractivity contribution in [1.29, 1.82) is 0 Å². The van der Waals surface area contributed by atoms with E-state index in [0.717, 1.165) is 4.90 Å². The van der Waals surface area contributed by atoms with Crippen LogP contribution in [0.15, 0.2) is 42.5 Å². The van der Waals surface area contributed by atoms with E-state index in [0.29, 0.717) is 0 Å². The average molecular weight is 400 g/mol. The third kappa shape index (κ3) is 3.63. The number of rotatable bonds is 5. The lowest BCUT2D eigenvalue weighted by molar-refractivity contribution is 0.0664. The molecule has 9 heteroatoms. The van der Waals surface area contributed by atoms with Gasteiger partial charge in [-0.25, -0.2) is 0 Å². The number of benzene rings is 2. The summed E-state index contributed by atoms with van der Waals surface area (Å²) in [7, 11) is -3.97. The van der Waals surface area contributed by atoms with Crippen molar-refractivity contribution in [3.05, 3.63) is 63.6 Å². The molecule has 0 unspecified atom stereocenters. The Bertz CT molecular complexity index is 919. The largest absolute Gasteiger partial charge is 0.382 e. The smallest absolute Gasteiger partial charge is 0.310 e. The first kappa shape index (κ1) is 17.7. The van der Waals surface area contributed by atoms with Crippen molar-refractivity contribution in [2.75, 3.05) is 12.3 Å². The lowest BCUT2D eigenvalue weighted by Crippen LogP contribution is -2.35. The summed E-state index contributed by atoms with van der Waals surface area (Å²) < 4.78 is 29.0. The molecule has 0 saturated carbocycles. The predicted octanol–water partition coefficient (Wildman–Crippen LogP) is 3.00. The van der Waals surface area contributed by atoms with Gasteiger partial charge in [-0.2, -0.15) is 8.42 Å². The number of hydrogen-bond donors (Lipinski definition) is 0. The highest BCUT2D eigenvalue weighted by molar-refractivity contribution is 7.87. The van der Waals surface area contributed by atoms with Crippen molar-refractivity contribution in [3.63, 3.8) is 0 Å². The standard InChI is InChI=1S/C16H11Cl2NO5S/c17-13-8-11-12(9-14(13)18)16(21)19(15(11)20)6-7-25(22,23)24-10-4-2-1-3-5-10/h1-5,8-9H,6-7H2. The Balaban J connectivity index is 1.74. The molecule has 0 fully saturated rings. The van der Waals surface area contributed by atoms with E-state index in [1.807, 2.05) is 0 Å². The Labute approximate surface area is 154 Å². The van der Waals surface area contributed by atoms with Gasteiger partial charge >= 0.3 is 10.1 Å². The first-order valence-electron chi connectivity index (χ1n) is 7.11. The molecule has 25 heavy (non-hydrogen) atoms. The van der Waals surface area contributed by atoms with E-state index in [1.54, 1.807) is 18.2 Å². The van der Waals surface area contributed by atoms with E-state index in [1.165, 1.54) is 24.3 Å². The number of para-hydroxylation sites is 1. The van der Waals surface area contributed by atoms with E-state index in [2.05, 4.69) is 0 Å². The highest BCUT2D eigenvalue weighted by Gasteiger charge is 2.37. The van der Waals surface area contributed by atoms with E-state index in [9.17, 15) is 18.0 Å². The lowest BCUT2D eigenvalue weighted by atomic mass is 10.1.